The van der Waals surface area contributed by atoms with Gasteiger partial charge < -0.3 is 9.80 Å². The van der Waals surface area contributed by atoms with Gasteiger partial charge in [-0.25, -0.2) is 0 Å². The third-order valence-corrected chi connectivity index (χ3v) is 3.40. The van der Waals surface area contributed by atoms with E-state index in [2.05, 4.69) is 24.8 Å². The molecule has 1 aromatic rings. The van der Waals surface area contributed by atoms with E-state index in [0.29, 0.717) is 12.1 Å². The fourth-order valence-corrected chi connectivity index (χ4v) is 2.10. The van der Waals surface area contributed by atoms with Gasteiger partial charge in [0.2, 0.25) is 0 Å². The number of carbonyl (C=O) groups is 1. The molecule has 0 spiro atoms. The Bertz CT molecular complexity index is 443. The van der Waals surface area contributed by atoms with E-state index in [0.717, 1.165) is 18.7 Å². The first-order chi connectivity index (χ1) is 7.66. The van der Waals surface area contributed by atoms with Gasteiger partial charge in [-0.1, -0.05) is 6.07 Å². The summed E-state index contributed by atoms with van der Waals surface area (Å²) in [6, 6.07) is 9.03. The molecule has 0 aromatic heterocycles. The Labute approximate surface area is 95.7 Å². The zero-order valence-corrected chi connectivity index (χ0v) is 9.68. The molecular weight excluding hydrogens is 200 g/mol. The van der Waals surface area contributed by atoms with Crippen LogP contribution in [-0.4, -0.2) is 36.0 Å². The number of amides is 1. The largest absolute Gasteiger partial charge is 0.365 e. The van der Waals surface area contributed by atoms with E-state index in [1.807, 2.05) is 23.1 Å². The number of benzene rings is 1. The number of hydrogen-bond acceptors (Lipinski definition) is 2. The molecule has 2 aliphatic rings. The van der Waals surface area contributed by atoms with Crippen molar-refractivity contribution < 1.29 is 4.79 Å². The molecule has 2 aliphatic heterocycles. The van der Waals surface area contributed by atoms with Crippen molar-refractivity contribution in [3.05, 3.63) is 29.8 Å². The summed E-state index contributed by atoms with van der Waals surface area (Å²) in [5, 5.41) is 0. The lowest BCUT2D eigenvalue weighted by atomic mass is 10.2. The van der Waals surface area contributed by atoms with Gasteiger partial charge in [0.15, 0.2) is 0 Å². The number of hydrogen-bond donors (Lipinski definition) is 0. The first-order valence-corrected chi connectivity index (χ1v) is 5.84. The van der Waals surface area contributed by atoms with Crippen molar-refractivity contribution in [2.45, 2.75) is 25.9 Å². The minimum Gasteiger partial charge on any atom is -0.365 e. The highest BCUT2D eigenvalue weighted by molar-refractivity contribution is 5.96. The number of nitrogens with zero attached hydrogens (tertiary/aromatic N) is 2. The molecule has 3 nitrogen and oxygen atoms in total. The molecule has 84 valence electrons. The number of carbonyl (C=O) groups excluding carboxylic acids is 1. The molecule has 0 radical (unpaired) electrons. The highest BCUT2D eigenvalue weighted by Gasteiger charge is 2.35. The molecule has 2 atom stereocenters. The van der Waals surface area contributed by atoms with Crippen LogP contribution in [0.25, 0.3) is 0 Å². The van der Waals surface area contributed by atoms with Crippen molar-refractivity contribution in [1.82, 2.24) is 4.90 Å². The summed E-state index contributed by atoms with van der Waals surface area (Å²) >= 11 is 0. The zero-order chi connectivity index (χ0) is 11.3. The van der Waals surface area contributed by atoms with Crippen LogP contribution in [0.2, 0.25) is 0 Å². The summed E-state index contributed by atoms with van der Waals surface area (Å²) in [4.78, 5) is 16.2. The lowest BCUT2D eigenvalue weighted by molar-refractivity contribution is 0.0876. The summed E-state index contributed by atoms with van der Waals surface area (Å²) in [6.45, 7) is 6.29. The van der Waals surface area contributed by atoms with Crippen LogP contribution in [0.4, 0.5) is 5.69 Å². The van der Waals surface area contributed by atoms with Gasteiger partial charge in [0.05, 0.1) is 0 Å². The molecule has 2 saturated heterocycles. The monoisotopic (exact) mass is 216 g/mol. The van der Waals surface area contributed by atoms with Gasteiger partial charge in [0, 0.05) is 36.4 Å². The van der Waals surface area contributed by atoms with Crippen LogP contribution >= 0.6 is 0 Å². The molecule has 3 rings (SSSR count). The third kappa shape index (κ3) is 1.56. The van der Waals surface area contributed by atoms with Crippen LogP contribution in [0.1, 0.15) is 24.2 Å². The lowest BCUT2D eigenvalue weighted by Gasteiger charge is -2.07. The Hall–Kier alpha value is -1.51. The molecule has 2 heterocycles. The molecule has 16 heavy (non-hydrogen) atoms. The normalized spacial score (nSPS) is 26.9. The zero-order valence-electron chi connectivity index (χ0n) is 9.68. The van der Waals surface area contributed by atoms with Crippen molar-refractivity contribution in [1.29, 1.82) is 0 Å². The number of anilines is 1. The van der Waals surface area contributed by atoms with Crippen molar-refractivity contribution in [2.24, 2.45) is 0 Å². The lowest BCUT2D eigenvalue weighted by Crippen LogP contribution is -2.12. The maximum atomic E-state index is 12.0. The Morgan fingerprint density at radius 2 is 1.94 bits per heavy atom. The summed E-state index contributed by atoms with van der Waals surface area (Å²) in [6.07, 6.45) is 0. The molecule has 1 amide bonds. The second-order valence-electron chi connectivity index (χ2n) is 4.86. The van der Waals surface area contributed by atoms with E-state index in [9.17, 15) is 4.79 Å². The highest BCUT2D eigenvalue weighted by atomic mass is 16.2. The van der Waals surface area contributed by atoms with Gasteiger partial charge in [-0.2, -0.15) is 0 Å². The van der Waals surface area contributed by atoms with E-state index in [1.165, 1.54) is 5.69 Å². The van der Waals surface area contributed by atoms with E-state index in [-0.39, 0.29) is 5.91 Å². The molecule has 1 aromatic carbocycles. The second-order valence-corrected chi connectivity index (χ2v) is 4.86. The predicted molar refractivity (Wildman–Crippen MR) is 63.7 cm³/mol. The Morgan fingerprint density at radius 1 is 1.25 bits per heavy atom. The number of rotatable bonds is 2. The van der Waals surface area contributed by atoms with Gasteiger partial charge >= 0.3 is 0 Å². The Morgan fingerprint density at radius 3 is 2.50 bits per heavy atom. The van der Waals surface area contributed by atoms with Crippen molar-refractivity contribution in [3.63, 3.8) is 0 Å². The molecule has 3 heteroatoms. The highest BCUT2D eigenvalue weighted by Crippen LogP contribution is 2.29. The van der Waals surface area contributed by atoms with Crippen LogP contribution in [0.15, 0.2) is 24.3 Å². The van der Waals surface area contributed by atoms with Crippen molar-refractivity contribution in [3.8, 4) is 0 Å². The molecule has 2 unspecified atom stereocenters. The third-order valence-electron chi connectivity index (χ3n) is 3.40. The minimum atomic E-state index is 0.170. The first-order valence-electron chi connectivity index (χ1n) is 5.84. The molecular formula is C13H16N2O. The van der Waals surface area contributed by atoms with Crippen LogP contribution < -0.4 is 4.90 Å². The van der Waals surface area contributed by atoms with Crippen LogP contribution in [0.5, 0.6) is 0 Å². The predicted octanol–water partition coefficient (Wildman–Crippen LogP) is 1.74. The Balaban J connectivity index is 1.82. The maximum absolute atomic E-state index is 12.0. The van der Waals surface area contributed by atoms with Crippen LogP contribution in [-0.2, 0) is 0 Å². The Kier molecular flexibility index (Phi) is 1.96. The average Bonchev–Trinajstić information content (AvgIpc) is 3.17. The van der Waals surface area contributed by atoms with Gasteiger partial charge in [-0.15, -0.1) is 0 Å². The smallest absolute Gasteiger partial charge is 0.254 e. The maximum Gasteiger partial charge on any atom is 0.254 e. The minimum absolute atomic E-state index is 0.170. The fourth-order valence-electron chi connectivity index (χ4n) is 2.10. The molecule has 0 saturated carbocycles. The van der Waals surface area contributed by atoms with E-state index < -0.39 is 0 Å². The fraction of sp³-hybridized carbons (Fsp3) is 0.462. The van der Waals surface area contributed by atoms with Gasteiger partial charge in [0.25, 0.3) is 5.91 Å². The van der Waals surface area contributed by atoms with Crippen LogP contribution in [0, 0.1) is 0 Å². The standard InChI is InChI=1S/C13H16N2O/c1-9-7-14(9)12-5-3-4-11(6-12)13(16)15-8-10(15)2/h3-6,9-10H,7-8H2,1-2H3. The van der Waals surface area contributed by atoms with Crippen molar-refractivity contribution >= 4 is 11.6 Å². The van der Waals surface area contributed by atoms with E-state index in [4.69, 9.17) is 0 Å². The SMILES string of the molecule is CC1CN1C(=O)c1cccc(N2CC2C)c1. The van der Waals surface area contributed by atoms with Crippen LogP contribution in [0.3, 0.4) is 0 Å². The summed E-state index contributed by atoms with van der Waals surface area (Å²) in [5.74, 6) is 0.170. The molecule has 2 fully saturated rings. The van der Waals surface area contributed by atoms with E-state index >= 15 is 0 Å². The second kappa shape index (κ2) is 3.24. The average molecular weight is 216 g/mol. The molecule has 0 bridgehead atoms. The summed E-state index contributed by atoms with van der Waals surface area (Å²) in [7, 11) is 0. The summed E-state index contributed by atoms with van der Waals surface area (Å²) < 4.78 is 0. The molecule has 0 N–H and O–H groups in total. The quantitative estimate of drug-likeness (QED) is 0.703. The van der Waals surface area contributed by atoms with Gasteiger partial charge in [-0.3, -0.25) is 4.79 Å². The van der Waals surface area contributed by atoms with Gasteiger partial charge in [-0.05, 0) is 32.0 Å². The topological polar surface area (TPSA) is 23.1 Å². The summed E-state index contributed by atoms with van der Waals surface area (Å²) in [5.41, 5.74) is 1.99. The first kappa shape index (κ1) is 9.70. The van der Waals surface area contributed by atoms with Gasteiger partial charge in [0.1, 0.15) is 0 Å². The molecule has 0 aliphatic carbocycles. The van der Waals surface area contributed by atoms with E-state index in [1.54, 1.807) is 0 Å². The van der Waals surface area contributed by atoms with Crippen molar-refractivity contribution in [2.75, 3.05) is 18.0 Å².